The summed E-state index contributed by atoms with van der Waals surface area (Å²) in [6, 6.07) is 5.07. The number of anilines is 1. The van der Waals surface area contributed by atoms with Crippen LogP contribution in [0.15, 0.2) is 30.7 Å². The minimum Gasteiger partial charge on any atom is -0.458 e. The third-order valence-corrected chi connectivity index (χ3v) is 5.54. The van der Waals surface area contributed by atoms with E-state index in [9.17, 15) is 0 Å². The van der Waals surface area contributed by atoms with Gasteiger partial charge in [0.25, 0.3) is 0 Å². The summed E-state index contributed by atoms with van der Waals surface area (Å²) >= 11 is 0. The molecule has 0 aliphatic heterocycles. The van der Waals surface area contributed by atoms with E-state index in [1.54, 1.807) is 23.3 Å². The Morgan fingerprint density at radius 3 is 2.65 bits per heavy atom. The molecule has 2 N–H and O–H groups in total. The van der Waals surface area contributed by atoms with Gasteiger partial charge in [-0.05, 0) is 23.7 Å². The third-order valence-electron chi connectivity index (χ3n) is 3.83. The van der Waals surface area contributed by atoms with Crippen LogP contribution in [0.1, 0.15) is 5.56 Å². The molecule has 0 saturated carbocycles. The number of pyridine rings is 1. The summed E-state index contributed by atoms with van der Waals surface area (Å²) in [4.78, 5) is 12.6. The van der Waals surface area contributed by atoms with Gasteiger partial charge in [0.2, 0.25) is 0 Å². The van der Waals surface area contributed by atoms with Crippen LogP contribution >= 0.6 is 0 Å². The highest BCUT2D eigenvalue weighted by atomic mass is 28.3. The molecule has 0 unspecified atom stereocenters. The van der Waals surface area contributed by atoms with Gasteiger partial charge in [-0.3, -0.25) is 4.98 Å². The molecule has 0 aliphatic rings. The van der Waals surface area contributed by atoms with Crippen LogP contribution in [0.2, 0.25) is 25.7 Å². The maximum absolute atomic E-state index is 6.02. The monoisotopic (exact) mass is 372 g/mol. The lowest BCUT2D eigenvalue weighted by Crippen LogP contribution is -2.22. The van der Waals surface area contributed by atoms with Gasteiger partial charge in [0.1, 0.15) is 19.2 Å². The lowest BCUT2D eigenvalue weighted by atomic mass is 10.3. The first kappa shape index (κ1) is 18.3. The van der Waals surface area contributed by atoms with E-state index in [4.69, 9.17) is 15.2 Å². The first-order chi connectivity index (χ1) is 12.4. The molecule has 138 valence electrons. The number of hydrogen-bond acceptors (Lipinski definition) is 7. The molecule has 0 saturated heterocycles. The molecule has 0 amide bonds. The zero-order chi connectivity index (χ0) is 18.6. The summed E-state index contributed by atoms with van der Waals surface area (Å²) in [6.07, 6.45) is 5.08. The number of rotatable bonds is 8. The van der Waals surface area contributed by atoms with Crippen molar-refractivity contribution in [3.05, 3.63) is 36.3 Å². The SMILES string of the molecule is C[Si](C)(C)CCOCn1ncc2c(N)nc(OCc3ccncc3)nc21. The molecule has 3 rings (SSSR count). The van der Waals surface area contributed by atoms with E-state index in [1.165, 1.54) is 0 Å². The molecule has 0 aromatic carbocycles. The van der Waals surface area contributed by atoms with Gasteiger partial charge in [-0.25, -0.2) is 4.68 Å². The maximum Gasteiger partial charge on any atom is 0.320 e. The van der Waals surface area contributed by atoms with E-state index in [1.807, 2.05) is 12.1 Å². The first-order valence-electron chi connectivity index (χ1n) is 8.51. The Labute approximate surface area is 153 Å². The molecule has 0 radical (unpaired) electrons. The summed E-state index contributed by atoms with van der Waals surface area (Å²) in [5.74, 6) is 0.341. The second kappa shape index (κ2) is 7.79. The van der Waals surface area contributed by atoms with Gasteiger partial charge >= 0.3 is 6.01 Å². The Bertz CT molecular complexity index is 863. The highest BCUT2D eigenvalue weighted by molar-refractivity contribution is 6.76. The van der Waals surface area contributed by atoms with Gasteiger partial charge in [0.15, 0.2) is 5.65 Å². The number of aromatic nitrogens is 5. The van der Waals surface area contributed by atoms with Crippen molar-refractivity contribution in [2.24, 2.45) is 0 Å². The van der Waals surface area contributed by atoms with Crippen molar-refractivity contribution >= 4 is 24.9 Å². The number of nitrogens with two attached hydrogens (primary N) is 1. The van der Waals surface area contributed by atoms with E-state index in [2.05, 4.69) is 39.7 Å². The van der Waals surface area contributed by atoms with Gasteiger partial charge in [-0.2, -0.15) is 15.1 Å². The van der Waals surface area contributed by atoms with E-state index >= 15 is 0 Å². The average Bonchev–Trinajstić information content (AvgIpc) is 3.01. The zero-order valence-corrected chi connectivity index (χ0v) is 16.3. The molecule has 26 heavy (non-hydrogen) atoms. The Kier molecular flexibility index (Phi) is 5.48. The largest absolute Gasteiger partial charge is 0.458 e. The molecular formula is C17H24N6O2Si. The van der Waals surface area contributed by atoms with Crippen molar-refractivity contribution < 1.29 is 9.47 Å². The van der Waals surface area contributed by atoms with Gasteiger partial charge < -0.3 is 15.2 Å². The summed E-state index contributed by atoms with van der Waals surface area (Å²) in [5.41, 5.74) is 7.61. The van der Waals surface area contributed by atoms with Crippen LogP contribution in [-0.4, -0.2) is 39.4 Å². The molecule has 3 aromatic rings. The molecule has 0 fully saturated rings. The van der Waals surface area contributed by atoms with Crippen LogP contribution in [0.5, 0.6) is 6.01 Å². The highest BCUT2D eigenvalue weighted by Crippen LogP contribution is 2.21. The maximum atomic E-state index is 6.02. The third kappa shape index (κ3) is 4.76. The van der Waals surface area contributed by atoms with Crippen LogP contribution in [0.3, 0.4) is 0 Å². The van der Waals surface area contributed by atoms with Gasteiger partial charge in [0.05, 0.1) is 11.6 Å². The van der Waals surface area contributed by atoms with Crippen LogP contribution < -0.4 is 10.5 Å². The fourth-order valence-electron chi connectivity index (χ4n) is 2.27. The molecule has 0 spiro atoms. The summed E-state index contributed by atoms with van der Waals surface area (Å²) in [6.45, 7) is 8.34. The molecule has 3 aromatic heterocycles. The van der Waals surface area contributed by atoms with E-state index in [0.717, 1.165) is 11.6 Å². The van der Waals surface area contributed by atoms with E-state index < -0.39 is 8.07 Å². The average molecular weight is 373 g/mol. The smallest absolute Gasteiger partial charge is 0.320 e. The van der Waals surface area contributed by atoms with Crippen molar-refractivity contribution in [3.8, 4) is 6.01 Å². The predicted octanol–water partition coefficient (Wildman–Crippen LogP) is 2.69. The van der Waals surface area contributed by atoms with Gasteiger partial charge in [-0.1, -0.05) is 19.6 Å². The molecule has 0 bridgehead atoms. The number of hydrogen-bond donors (Lipinski definition) is 1. The number of ether oxygens (including phenoxy) is 2. The minimum absolute atomic E-state index is 0.218. The molecular weight excluding hydrogens is 348 g/mol. The van der Waals surface area contributed by atoms with Crippen LogP contribution in [0.4, 0.5) is 5.82 Å². The Morgan fingerprint density at radius 2 is 1.92 bits per heavy atom. The lowest BCUT2D eigenvalue weighted by molar-refractivity contribution is 0.0812. The summed E-state index contributed by atoms with van der Waals surface area (Å²) in [5, 5.41) is 5.00. The topological polar surface area (TPSA) is 101 Å². The number of nitrogen functional groups attached to an aromatic ring is 1. The van der Waals surface area contributed by atoms with Crippen molar-refractivity contribution in [3.63, 3.8) is 0 Å². The highest BCUT2D eigenvalue weighted by Gasteiger charge is 2.14. The Hall–Kier alpha value is -2.52. The standard InChI is InChI=1S/C17H24N6O2Si/c1-26(2,3)9-8-24-12-23-16-14(10-20-23)15(18)21-17(22-16)25-11-13-4-6-19-7-5-13/h4-7,10H,8-9,11-12H2,1-3H3,(H2,18,21,22). The fourth-order valence-corrected chi connectivity index (χ4v) is 3.03. The molecule has 0 atom stereocenters. The van der Waals surface area contributed by atoms with Crippen LogP contribution in [0, 0.1) is 0 Å². The molecule has 9 heteroatoms. The number of nitrogens with zero attached hydrogens (tertiary/aromatic N) is 5. The minimum atomic E-state index is -1.12. The van der Waals surface area contributed by atoms with Crippen molar-refractivity contribution in [2.45, 2.75) is 39.0 Å². The van der Waals surface area contributed by atoms with Crippen molar-refractivity contribution in [2.75, 3.05) is 12.3 Å². The van der Waals surface area contributed by atoms with Crippen LogP contribution in [-0.2, 0) is 18.1 Å². The second-order valence-electron chi connectivity index (χ2n) is 7.26. The van der Waals surface area contributed by atoms with E-state index in [-0.39, 0.29) is 6.01 Å². The number of fused-ring (bicyclic) bond motifs is 1. The molecule has 0 aliphatic carbocycles. The Morgan fingerprint density at radius 1 is 1.15 bits per heavy atom. The van der Waals surface area contributed by atoms with Crippen LogP contribution in [0.25, 0.3) is 11.0 Å². The predicted molar refractivity (Wildman–Crippen MR) is 102 cm³/mol. The normalized spacial score (nSPS) is 11.8. The van der Waals surface area contributed by atoms with Gasteiger partial charge in [0, 0.05) is 27.1 Å². The quantitative estimate of drug-likeness (QED) is 0.479. The molecule has 3 heterocycles. The van der Waals surface area contributed by atoms with E-state index in [0.29, 0.717) is 36.8 Å². The van der Waals surface area contributed by atoms with Crippen molar-refractivity contribution in [1.29, 1.82) is 0 Å². The van der Waals surface area contributed by atoms with Crippen molar-refractivity contribution in [1.82, 2.24) is 24.7 Å². The summed E-state index contributed by atoms with van der Waals surface area (Å²) in [7, 11) is -1.12. The zero-order valence-electron chi connectivity index (χ0n) is 15.3. The summed E-state index contributed by atoms with van der Waals surface area (Å²) < 4.78 is 13.1. The Balaban J connectivity index is 1.69. The molecule has 8 nitrogen and oxygen atoms in total. The second-order valence-corrected chi connectivity index (χ2v) is 12.9. The lowest BCUT2D eigenvalue weighted by Gasteiger charge is -2.15. The fraction of sp³-hybridized carbons (Fsp3) is 0.412. The first-order valence-corrected chi connectivity index (χ1v) is 12.2. The van der Waals surface area contributed by atoms with Gasteiger partial charge in [-0.15, -0.1) is 0 Å².